The summed E-state index contributed by atoms with van der Waals surface area (Å²) in [7, 11) is 0. The van der Waals surface area contributed by atoms with E-state index in [0.717, 1.165) is 0 Å². The predicted molar refractivity (Wildman–Crippen MR) is 63.3 cm³/mol. The van der Waals surface area contributed by atoms with Crippen LogP contribution in [0.3, 0.4) is 0 Å². The van der Waals surface area contributed by atoms with Gasteiger partial charge in [-0.15, -0.1) is 0 Å². The average Bonchev–Trinajstić information content (AvgIpc) is 2.46. The minimum atomic E-state index is -0.785. The lowest BCUT2D eigenvalue weighted by atomic mass is 9.91. The Morgan fingerprint density at radius 2 is 2.19 bits per heavy atom. The number of aliphatic hydroxyl groups is 2. The molecule has 0 aliphatic carbocycles. The quantitative estimate of drug-likeness (QED) is 0.645. The second-order valence-corrected chi connectivity index (χ2v) is 5.48. The number of rotatable bonds is 5. The van der Waals surface area contributed by atoms with Gasteiger partial charge in [-0.3, -0.25) is 0 Å². The van der Waals surface area contributed by atoms with Gasteiger partial charge in [0, 0.05) is 26.1 Å². The SMILES string of the molecule is CC(C)C(C)(O)CNCC1(O)CCOC1C. The lowest BCUT2D eigenvalue weighted by Crippen LogP contribution is -2.50. The molecule has 0 aromatic carbocycles. The molecule has 1 aliphatic heterocycles. The minimum Gasteiger partial charge on any atom is -0.389 e. The summed E-state index contributed by atoms with van der Waals surface area (Å²) in [5.74, 6) is 0.187. The van der Waals surface area contributed by atoms with Crippen LogP contribution in [-0.4, -0.2) is 47.2 Å². The molecule has 0 spiro atoms. The van der Waals surface area contributed by atoms with E-state index in [2.05, 4.69) is 5.32 Å². The first-order valence-electron chi connectivity index (χ1n) is 6.05. The van der Waals surface area contributed by atoms with Crippen molar-refractivity contribution in [2.24, 2.45) is 5.92 Å². The number of hydrogen-bond acceptors (Lipinski definition) is 4. The maximum absolute atomic E-state index is 10.2. The van der Waals surface area contributed by atoms with E-state index in [1.807, 2.05) is 27.7 Å². The first-order valence-corrected chi connectivity index (χ1v) is 6.05. The Kier molecular flexibility index (Phi) is 4.35. The Bertz CT molecular complexity index is 230. The van der Waals surface area contributed by atoms with Crippen LogP contribution in [0.2, 0.25) is 0 Å². The highest BCUT2D eigenvalue weighted by Crippen LogP contribution is 2.25. The molecule has 0 aromatic heterocycles. The zero-order valence-electron chi connectivity index (χ0n) is 10.8. The van der Waals surface area contributed by atoms with Crippen molar-refractivity contribution in [3.8, 4) is 0 Å². The third kappa shape index (κ3) is 3.17. The van der Waals surface area contributed by atoms with Crippen molar-refractivity contribution in [2.45, 2.75) is 51.4 Å². The number of nitrogens with one attached hydrogen (secondary N) is 1. The fraction of sp³-hybridized carbons (Fsp3) is 1.00. The Labute approximate surface area is 98.0 Å². The molecule has 0 bridgehead atoms. The third-order valence-electron chi connectivity index (χ3n) is 3.82. The first-order chi connectivity index (χ1) is 7.28. The Balaban J connectivity index is 2.35. The van der Waals surface area contributed by atoms with Gasteiger partial charge in [-0.05, 0) is 19.8 Å². The van der Waals surface area contributed by atoms with Crippen LogP contribution in [0, 0.1) is 5.92 Å². The predicted octanol–water partition coefficient (Wildman–Crippen LogP) is 0.523. The summed E-state index contributed by atoms with van der Waals surface area (Å²) in [6, 6.07) is 0. The van der Waals surface area contributed by atoms with E-state index < -0.39 is 11.2 Å². The van der Waals surface area contributed by atoms with Crippen molar-refractivity contribution in [1.82, 2.24) is 5.32 Å². The normalized spacial score (nSPS) is 34.3. The molecule has 1 heterocycles. The van der Waals surface area contributed by atoms with Gasteiger partial charge in [-0.2, -0.15) is 0 Å². The van der Waals surface area contributed by atoms with Crippen molar-refractivity contribution in [1.29, 1.82) is 0 Å². The molecule has 1 aliphatic rings. The second kappa shape index (κ2) is 5.00. The maximum Gasteiger partial charge on any atom is 0.105 e. The summed E-state index contributed by atoms with van der Waals surface area (Å²) < 4.78 is 5.35. The van der Waals surface area contributed by atoms with Crippen LogP contribution in [0.5, 0.6) is 0 Å². The van der Waals surface area contributed by atoms with E-state index in [0.29, 0.717) is 26.1 Å². The summed E-state index contributed by atoms with van der Waals surface area (Å²) >= 11 is 0. The molecule has 0 radical (unpaired) electrons. The van der Waals surface area contributed by atoms with Gasteiger partial charge in [-0.25, -0.2) is 0 Å². The lowest BCUT2D eigenvalue weighted by Gasteiger charge is -2.31. The standard InChI is InChI=1S/C12H25NO3/c1-9(2)11(4,14)7-13-8-12(15)5-6-16-10(12)3/h9-10,13-15H,5-8H2,1-4H3. The molecular formula is C12H25NO3. The van der Waals surface area contributed by atoms with Gasteiger partial charge >= 0.3 is 0 Å². The summed E-state index contributed by atoms with van der Waals surface area (Å²) in [5.41, 5.74) is -1.52. The van der Waals surface area contributed by atoms with E-state index in [9.17, 15) is 10.2 Å². The Hall–Kier alpha value is -0.160. The van der Waals surface area contributed by atoms with Crippen LogP contribution in [-0.2, 0) is 4.74 Å². The van der Waals surface area contributed by atoms with Gasteiger partial charge in [0.05, 0.1) is 11.7 Å². The van der Waals surface area contributed by atoms with Crippen molar-refractivity contribution in [3.63, 3.8) is 0 Å². The van der Waals surface area contributed by atoms with E-state index in [1.54, 1.807) is 0 Å². The highest BCUT2D eigenvalue weighted by molar-refractivity contribution is 4.92. The second-order valence-electron chi connectivity index (χ2n) is 5.48. The van der Waals surface area contributed by atoms with Crippen molar-refractivity contribution < 1.29 is 14.9 Å². The van der Waals surface area contributed by atoms with Gasteiger partial charge in [0.1, 0.15) is 5.60 Å². The molecule has 3 unspecified atom stereocenters. The highest BCUT2D eigenvalue weighted by Gasteiger charge is 2.39. The van der Waals surface area contributed by atoms with E-state index in [-0.39, 0.29) is 12.0 Å². The van der Waals surface area contributed by atoms with E-state index in [1.165, 1.54) is 0 Å². The number of hydrogen-bond donors (Lipinski definition) is 3. The van der Waals surface area contributed by atoms with E-state index in [4.69, 9.17) is 4.74 Å². The molecule has 1 fully saturated rings. The van der Waals surface area contributed by atoms with Crippen LogP contribution < -0.4 is 5.32 Å². The monoisotopic (exact) mass is 231 g/mol. The van der Waals surface area contributed by atoms with Crippen LogP contribution >= 0.6 is 0 Å². The molecular weight excluding hydrogens is 206 g/mol. The summed E-state index contributed by atoms with van der Waals surface area (Å²) in [6.45, 7) is 9.23. The van der Waals surface area contributed by atoms with Crippen LogP contribution in [0.15, 0.2) is 0 Å². The molecule has 96 valence electrons. The summed E-state index contributed by atoms with van der Waals surface area (Å²) in [5, 5.41) is 23.4. The largest absolute Gasteiger partial charge is 0.389 e. The average molecular weight is 231 g/mol. The number of ether oxygens (including phenoxy) is 1. The summed E-state index contributed by atoms with van der Waals surface area (Å²) in [4.78, 5) is 0. The first kappa shape index (κ1) is 13.9. The molecule has 3 N–H and O–H groups in total. The van der Waals surface area contributed by atoms with Gasteiger partial charge in [-0.1, -0.05) is 13.8 Å². The molecule has 4 nitrogen and oxygen atoms in total. The molecule has 0 amide bonds. The molecule has 0 saturated carbocycles. The third-order valence-corrected chi connectivity index (χ3v) is 3.82. The van der Waals surface area contributed by atoms with Crippen molar-refractivity contribution >= 4 is 0 Å². The molecule has 1 rings (SSSR count). The topological polar surface area (TPSA) is 61.7 Å². The fourth-order valence-corrected chi connectivity index (χ4v) is 1.74. The van der Waals surface area contributed by atoms with Crippen LogP contribution in [0.4, 0.5) is 0 Å². The lowest BCUT2D eigenvalue weighted by molar-refractivity contribution is -0.0346. The smallest absolute Gasteiger partial charge is 0.105 e. The minimum absolute atomic E-state index is 0.135. The maximum atomic E-state index is 10.2. The van der Waals surface area contributed by atoms with Crippen LogP contribution in [0.25, 0.3) is 0 Å². The van der Waals surface area contributed by atoms with Gasteiger partial charge < -0.3 is 20.3 Å². The molecule has 3 atom stereocenters. The molecule has 16 heavy (non-hydrogen) atoms. The highest BCUT2D eigenvalue weighted by atomic mass is 16.5. The van der Waals surface area contributed by atoms with Crippen molar-refractivity contribution in [3.05, 3.63) is 0 Å². The van der Waals surface area contributed by atoms with E-state index >= 15 is 0 Å². The zero-order valence-corrected chi connectivity index (χ0v) is 10.8. The van der Waals surface area contributed by atoms with Crippen LogP contribution in [0.1, 0.15) is 34.1 Å². The summed E-state index contributed by atoms with van der Waals surface area (Å²) in [6.07, 6.45) is 0.523. The van der Waals surface area contributed by atoms with Gasteiger partial charge in [0.2, 0.25) is 0 Å². The van der Waals surface area contributed by atoms with Crippen molar-refractivity contribution in [2.75, 3.05) is 19.7 Å². The molecule has 0 aromatic rings. The molecule has 4 heteroatoms. The molecule has 1 saturated heterocycles. The Morgan fingerprint density at radius 1 is 1.56 bits per heavy atom. The Morgan fingerprint density at radius 3 is 2.62 bits per heavy atom. The fourth-order valence-electron chi connectivity index (χ4n) is 1.74. The van der Waals surface area contributed by atoms with Gasteiger partial charge in [0.15, 0.2) is 0 Å². The van der Waals surface area contributed by atoms with Gasteiger partial charge in [0.25, 0.3) is 0 Å². The zero-order chi connectivity index (χ0) is 12.4.